The van der Waals surface area contributed by atoms with Gasteiger partial charge in [0.2, 0.25) is 11.7 Å². The molecule has 0 unspecified atom stereocenters. The molecule has 158 valence electrons. The smallest absolute Gasteiger partial charge is 0.325 e. The third-order valence-electron chi connectivity index (χ3n) is 5.45. The summed E-state index contributed by atoms with van der Waals surface area (Å²) in [6, 6.07) is 2.65. The fraction of sp³-hybridized carbons (Fsp3) is 0.550. The quantitative estimate of drug-likeness (QED) is 0.704. The maximum atomic E-state index is 12.9. The molecule has 1 heterocycles. The van der Waals surface area contributed by atoms with Crippen LogP contribution in [0.2, 0.25) is 0 Å². The lowest BCUT2D eigenvalue weighted by Gasteiger charge is -2.24. The monoisotopic (exact) mass is 405 g/mol. The van der Waals surface area contributed by atoms with E-state index in [9.17, 15) is 14.4 Å². The summed E-state index contributed by atoms with van der Waals surface area (Å²) in [6.45, 7) is -0.358. The van der Waals surface area contributed by atoms with Crippen molar-refractivity contribution in [2.45, 2.75) is 44.1 Å². The number of anilines is 1. The molecule has 1 aliphatic heterocycles. The number of carbonyl (C=O) groups excluding carboxylic acids is 3. The van der Waals surface area contributed by atoms with Gasteiger partial charge in [-0.25, -0.2) is 4.79 Å². The summed E-state index contributed by atoms with van der Waals surface area (Å²) in [5.41, 5.74) is -0.457. The van der Waals surface area contributed by atoms with Crippen LogP contribution in [0, 0.1) is 0 Å². The van der Waals surface area contributed by atoms with E-state index in [1.807, 2.05) is 0 Å². The second-order valence-electron chi connectivity index (χ2n) is 7.28. The minimum absolute atomic E-state index is 0.315. The van der Waals surface area contributed by atoms with Gasteiger partial charge in [-0.2, -0.15) is 0 Å². The highest BCUT2D eigenvalue weighted by molar-refractivity contribution is 6.10. The van der Waals surface area contributed by atoms with E-state index in [0.717, 1.165) is 30.6 Å². The zero-order valence-corrected chi connectivity index (χ0v) is 17.0. The lowest BCUT2D eigenvalue weighted by molar-refractivity contribution is -0.134. The fourth-order valence-electron chi connectivity index (χ4n) is 3.99. The molecular weight excluding hydrogens is 378 g/mol. The maximum absolute atomic E-state index is 12.9. The highest BCUT2D eigenvalue weighted by Gasteiger charge is 2.51. The van der Waals surface area contributed by atoms with Crippen LogP contribution >= 0.6 is 0 Å². The van der Waals surface area contributed by atoms with E-state index in [0.29, 0.717) is 35.8 Å². The van der Waals surface area contributed by atoms with Crippen LogP contribution in [-0.4, -0.2) is 56.2 Å². The van der Waals surface area contributed by atoms with E-state index in [1.54, 1.807) is 12.1 Å². The summed E-state index contributed by atoms with van der Waals surface area (Å²) in [7, 11) is 4.43. The summed E-state index contributed by atoms with van der Waals surface area (Å²) in [5, 5.41) is 5.52. The maximum Gasteiger partial charge on any atom is 0.325 e. The number of nitrogens with zero attached hydrogens (tertiary/aromatic N) is 1. The van der Waals surface area contributed by atoms with Crippen LogP contribution in [0.1, 0.15) is 38.5 Å². The predicted octanol–water partition coefficient (Wildman–Crippen LogP) is 2.30. The van der Waals surface area contributed by atoms with Gasteiger partial charge >= 0.3 is 6.03 Å². The van der Waals surface area contributed by atoms with Gasteiger partial charge in [0.05, 0.1) is 21.3 Å². The first-order valence-corrected chi connectivity index (χ1v) is 9.68. The molecule has 1 aromatic carbocycles. The van der Waals surface area contributed by atoms with E-state index in [2.05, 4.69) is 10.6 Å². The first kappa shape index (κ1) is 20.8. The van der Waals surface area contributed by atoms with Crippen molar-refractivity contribution in [1.82, 2.24) is 10.2 Å². The molecule has 1 spiro atoms. The Morgan fingerprint density at radius 1 is 1.03 bits per heavy atom. The molecule has 1 saturated heterocycles. The number of rotatable bonds is 6. The zero-order valence-electron chi connectivity index (χ0n) is 17.0. The molecule has 0 bridgehead atoms. The third kappa shape index (κ3) is 4.08. The molecule has 29 heavy (non-hydrogen) atoms. The molecule has 3 rings (SSSR count). The number of carbonyl (C=O) groups is 3. The van der Waals surface area contributed by atoms with Crippen molar-refractivity contribution in [3.8, 4) is 17.2 Å². The first-order valence-electron chi connectivity index (χ1n) is 9.68. The molecule has 0 atom stereocenters. The Kier molecular flexibility index (Phi) is 6.14. The van der Waals surface area contributed by atoms with Crippen LogP contribution < -0.4 is 24.8 Å². The van der Waals surface area contributed by atoms with E-state index in [4.69, 9.17) is 14.2 Å². The highest BCUT2D eigenvalue weighted by Crippen LogP contribution is 2.40. The molecule has 9 nitrogen and oxygen atoms in total. The molecule has 0 radical (unpaired) electrons. The summed E-state index contributed by atoms with van der Waals surface area (Å²) < 4.78 is 15.8. The molecule has 4 amide bonds. The third-order valence-corrected chi connectivity index (χ3v) is 5.45. The molecular formula is C20H27N3O6. The molecule has 1 aliphatic carbocycles. The molecule has 2 fully saturated rings. The van der Waals surface area contributed by atoms with Gasteiger partial charge in [0.1, 0.15) is 12.1 Å². The van der Waals surface area contributed by atoms with E-state index >= 15 is 0 Å². The Hall–Kier alpha value is -2.97. The van der Waals surface area contributed by atoms with Gasteiger partial charge in [-0.1, -0.05) is 25.7 Å². The molecule has 2 N–H and O–H groups in total. The minimum atomic E-state index is -0.861. The normalized spacial score (nSPS) is 18.2. The largest absolute Gasteiger partial charge is 0.493 e. The number of nitrogens with one attached hydrogen (secondary N) is 2. The minimum Gasteiger partial charge on any atom is -0.493 e. The zero-order chi connectivity index (χ0) is 21.0. The lowest BCUT2D eigenvalue weighted by Crippen LogP contribution is -2.47. The van der Waals surface area contributed by atoms with Gasteiger partial charge in [-0.3, -0.25) is 14.5 Å². The summed E-state index contributed by atoms with van der Waals surface area (Å²) >= 11 is 0. The van der Waals surface area contributed by atoms with Gasteiger partial charge in [-0.15, -0.1) is 0 Å². The summed E-state index contributed by atoms with van der Waals surface area (Å²) in [6.07, 6.45) is 5.10. The summed E-state index contributed by atoms with van der Waals surface area (Å²) in [4.78, 5) is 38.9. The van der Waals surface area contributed by atoms with Gasteiger partial charge in [0.15, 0.2) is 11.5 Å². The fourth-order valence-corrected chi connectivity index (χ4v) is 3.99. The van der Waals surface area contributed by atoms with Crippen LogP contribution in [0.4, 0.5) is 10.5 Å². The first-order chi connectivity index (χ1) is 13.9. The van der Waals surface area contributed by atoms with Crippen molar-refractivity contribution in [1.29, 1.82) is 0 Å². The van der Waals surface area contributed by atoms with Crippen molar-refractivity contribution in [2.24, 2.45) is 0 Å². The highest BCUT2D eigenvalue weighted by atomic mass is 16.5. The second kappa shape index (κ2) is 8.59. The van der Waals surface area contributed by atoms with E-state index in [-0.39, 0.29) is 12.5 Å². The van der Waals surface area contributed by atoms with E-state index in [1.165, 1.54) is 21.3 Å². The Balaban J connectivity index is 1.72. The standard InChI is InChI=1S/C20H27N3O6/c1-27-14-10-13(11-15(28-2)17(14)29-3)21-16(24)12-23-18(25)20(22-19(23)26)8-6-4-5-7-9-20/h10-11H,4-9,12H2,1-3H3,(H,21,24)(H,22,26). The van der Waals surface area contributed by atoms with Gasteiger partial charge in [0, 0.05) is 17.8 Å². The number of hydrogen-bond donors (Lipinski definition) is 2. The van der Waals surface area contributed by atoms with Gasteiger partial charge < -0.3 is 24.8 Å². The van der Waals surface area contributed by atoms with E-state index < -0.39 is 17.5 Å². The predicted molar refractivity (Wildman–Crippen MR) is 105 cm³/mol. The molecule has 2 aliphatic rings. The number of benzene rings is 1. The van der Waals surface area contributed by atoms with Crippen LogP contribution in [0.15, 0.2) is 12.1 Å². The van der Waals surface area contributed by atoms with Gasteiger partial charge in [-0.05, 0) is 12.8 Å². The average Bonchev–Trinajstić information content (AvgIpc) is 2.87. The van der Waals surface area contributed by atoms with Gasteiger partial charge in [0.25, 0.3) is 5.91 Å². The Morgan fingerprint density at radius 2 is 1.62 bits per heavy atom. The Labute approximate surface area is 169 Å². The topological polar surface area (TPSA) is 106 Å². The molecule has 0 aromatic heterocycles. The van der Waals surface area contributed by atoms with Crippen LogP contribution in [0.5, 0.6) is 17.2 Å². The molecule has 1 saturated carbocycles. The Morgan fingerprint density at radius 3 is 2.14 bits per heavy atom. The van der Waals surface area contributed by atoms with Crippen molar-refractivity contribution < 1.29 is 28.6 Å². The summed E-state index contributed by atoms with van der Waals surface area (Å²) in [5.74, 6) is 0.361. The van der Waals surface area contributed by atoms with Crippen molar-refractivity contribution in [3.05, 3.63) is 12.1 Å². The number of hydrogen-bond acceptors (Lipinski definition) is 6. The van der Waals surface area contributed by atoms with Crippen molar-refractivity contribution in [3.63, 3.8) is 0 Å². The van der Waals surface area contributed by atoms with Crippen molar-refractivity contribution in [2.75, 3.05) is 33.2 Å². The van der Waals surface area contributed by atoms with Crippen LogP contribution in [-0.2, 0) is 9.59 Å². The lowest BCUT2D eigenvalue weighted by atomic mass is 9.90. The average molecular weight is 405 g/mol. The number of urea groups is 1. The number of methoxy groups -OCH3 is 3. The number of imide groups is 1. The second-order valence-corrected chi connectivity index (χ2v) is 7.28. The van der Waals surface area contributed by atoms with Crippen molar-refractivity contribution >= 4 is 23.5 Å². The number of amides is 4. The molecule has 1 aromatic rings. The molecule has 9 heteroatoms. The van der Waals surface area contributed by atoms with Crippen LogP contribution in [0.25, 0.3) is 0 Å². The van der Waals surface area contributed by atoms with Crippen LogP contribution in [0.3, 0.4) is 0 Å². The Bertz CT molecular complexity index is 776. The SMILES string of the molecule is COc1cc(NC(=O)CN2C(=O)NC3(CCCCCC3)C2=O)cc(OC)c1OC. The number of ether oxygens (including phenoxy) is 3.